The maximum Gasteiger partial charge on any atom is 1.00 e. The maximum absolute atomic E-state index is 6.75. The molecule has 6 heavy (non-hydrogen) atoms. The van der Waals surface area contributed by atoms with E-state index in [9.17, 15) is 0 Å². The summed E-state index contributed by atoms with van der Waals surface area (Å²) in [4.78, 5) is 1.50. The van der Waals surface area contributed by atoms with Crippen molar-refractivity contribution in [2.45, 2.75) is 0 Å². The van der Waals surface area contributed by atoms with Gasteiger partial charge in [-0.25, -0.2) is 0 Å². The van der Waals surface area contributed by atoms with Gasteiger partial charge in [0.1, 0.15) is 0 Å². The third kappa shape index (κ3) is 68.3. The normalized spacial score (nSPS) is 2.17. The van der Waals surface area contributed by atoms with E-state index in [4.69, 9.17) is 21.1 Å². The van der Waals surface area contributed by atoms with Crippen LogP contribution in [-0.2, 0) is 0 Å². The van der Waals surface area contributed by atoms with Crippen LogP contribution in [0.5, 0.6) is 0 Å². The van der Waals surface area contributed by atoms with E-state index in [1.807, 2.05) is 0 Å². The van der Waals surface area contributed by atoms with Gasteiger partial charge in [0.2, 0.25) is 0 Å². The molecular weight excluding hydrogens is 127 g/mol. The van der Waals surface area contributed by atoms with E-state index in [-0.39, 0.29) is 29.6 Å². The fourth-order valence-corrected chi connectivity index (χ4v) is 0. The first-order chi connectivity index (χ1) is 2.41. The monoisotopic (exact) mass is 129 g/mol. The van der Waals surface area contributed by atoms with Crippen molar-refractivity contribution in [3.05, 3.63) is 16.0 Å². The second-order valence-corrected chi connectivity index (χ2v) is 0.0894. The molecule has 0 amide bonds. The van der Waals surface area contributed by atoms with Gasteiger partial charge in [0, 0.05) is 0 Å². The summed E-state index contributed by atoms with van der Waals surface area (Å²) in [5.74, 6) is 0. The zero-order valence-corrected chi connectivity index (χ0v) is 8.48. The summed E-state index contributed by atoms with van der Waals surface area (Å²) in [6, 6.07) is 0. The Kier molecular flexibility index (Phi) is 93.0. The van der Waals surface area contributed by atoms with Crippen LogP contribution in [0.25, 0.3) is 16.0 Å². The van der Waals surface area contributed by atoms with Crippen molar-refractivity contribution in [1.29, 1.82) is 0 Å². The van der Waals surface area contributed by atoms with E-state index in [2.05, 4.69) is 0 Å². The van der Waals surface area contributed by atoms with Gasteiger partial charge in [-0.05, 0) is 0 Å². The Morgan fingerprint density at radius 2 is 1.33 bits per heavy atom. The Morgan fingerprint density at radius 3 is 1.33 bits per heavy atom. The molecule has 0 heterocycles. The predicted molar refractivity (Wildman–Crippen MR) is 24.5 cm³/mol. The van der Waals surface area contributed by atoms with Crippen LogP contribution in [0, 0.1) is 0 Å². The quantitative estimate of drug-likeness (QED) is 0.152. The van der Waals surface area contributed by atoms with E-state index < -0.39 is 0 Å². The second-order valence-electron chi connectivity index (χ2n) is 0.0894. The molecule has 0 radical (unpaired) electrons. The first-order valence-electron chi connectivity index (χ1n) is 0.778. The van der Waals surface area contributed by atoms with Crippen molar-refractivity contribution >= 4 is 25.4 Å². The van der Waals surface area contributed by atoms with E-state index in [1.165, 1.54) is 4.91 Å². The molecule has 0 aromatic rings. The molecule has 0 atom stereocenters. The number of hydrogen-bond acceptors (Lipinski definition) is 0. The van der Waals surface area contributed by atoms with Gasteiger partial charge in [-0.3, -0.25) is 15.0 Å². The molecular formula is H2AlClN3Na. The molecule has 0 unspecified atom stereocenters. The van der Waals surface area contributed by atoms with Gasteiger partial charge < -0.3 is 11.1 Å². The van der Waals surface area contributed by atoms with E-state index in [1.54, 1.807) is 0 Å². The smallest absolute Gasteiger partial charge is 0.373 e. The SMILES string of the molecule is [AlH2][Cl].[N-]=[N+]=[N-].[Na+]. The van der Waals surface area contributed by atoms with Gasteiger partial charge in [0.05, 0.1) is 0 Å². The maximum atomic E-state index is 6.75. The third-order valence-electron chi connectivity index (χ3n) is 0. The van der Waals surface area contributed by atoms with Crippen LogP contribution in [0.15, 0.2) is 0 Å². The Labute approximate surface area is 70.4 Å². The molecule has 0 rings (SSSR count). The Balaban J connectivity index is -0.0000000275. The van der Waals surface area contributed by atoms with Gasteiger partial charge in [0.25, 0.3) is 0 Å². The Bertz CT molecular complexity index is 31.8. The molecule has 0 aliphatic carbocycles. The number of rotatable bonds is 0. The molecule has 0 spiro atoms. The van der Waals surface area contributed by atoms with E-state index >= 15 is 0 Å². The second kappa shape index (κ2) is 35.5. The van der Waals surface area contributed by atoms with Gasteiger partial charge in [-0.2, -0.15) is 0 Å². The van der Waals surface area contributed by atoms with Gasteiger partial charge in [-0.15, -0.1) is 0 Å². The fraction of sp³-hybridized carbons (Fsp3) is 0. The zero-order chi connectivity index (χ0) is 4.71. The van der Waals surface area contributed by atoms with Gasteiger partial charge >= 0.3 is 44.9 Å². The van der Waals surface area contributed by atoms with Gasteiger partial charge in [0.15, 0.2) is 0 Å². The summed E-state index contributed by atoms with van der Waals surface area (Å²) in [6.07, 6.45) is 0. The molecule has 0 aromatic carbocycles. The van der Waals surface area contributed by atoms with Crippen molar-refractivity contribution in [2.75, 3.05) is 0 Å². The molecule has 0 saturated carbocycles. The summed E-state index contributed by atoms with van der Waals surface area (Å²) >= 11 is 0.778. The molecule has 0 fully saturated rings. The average molecular weight is 129 g/mol. The number of hydrogen-bond donors (Lipinski definition) is 0. The molecule has 0 aliphatic rings. The standard InChI is InChI=1S/Al.ClH.N3.Na.2H/c;;1-3-2;;;/h;1H;;;;/q+1;;-1;+1;;/p-1. The Morgan fingerprint density at radius 1 is 1.33 bits per heavy atom. The molecule has 0 bridgehead atoms. The molecule has 6 heteroatoms. The fourth-order valence-electron chi connectivity index (χ4n) is 0. The van der Waals surface area contributed by atoms with Crippen molar-refractivity contribution in [3.8, 4) is 0 Å². The van der Waals surface area contributed by atoms with E-state index in [0.29, 0.717) is 0 Å². The van der Waals surface area contributed by atoms with Crippen molar-refractivity contribution in [3.63, 3.8) is 0 Å². The summed E-state index contributed by atoms with van der Waals surface area (Å²) < 4.78 is 0. The minimum Gasteiger partial charge on any atom is -0.373 e. The summed E-state index contributed by atoms with van der Waals surface area (Å²) in [5, 5.41) is 0. The average Bonchev–Trinajstić information content (AvgIpc) is 1.46. The van der Waals surface area contributed by atoms with Crippen LogP contribution in [-0.4, -0.2) is 15.4 Å². The minimum absolute atomic E-state index is 0. The van der Waals surface area contributed by atoms with Crippen molar-refractivity contribution < 1.29 is 29.6 Å². The molecule has 0 N–H and O–H groups in total. The summed E-state index contributed by atoms with van der Waals surface area (Å²) in [5.41, 5.74) is 13.5. The topological polar surface area (TPSA) is 58.7 Å². The molecule has 0 saturated heterocycles. The number of nitrogens with zero attached hydrogens (tertiary/aromatic N) is 3. The first kappa shape index (κ1) is 15.7. The van der Waals surface area contributed by atoms with Crippen LogP contribution in [0.3, 0.4) is 0 Å². The predicted octanol–water partition coefficient (Wildman–Crippen LogP) is -2.36. The molecule has 28 valence electrons. The summed E-state index contributed by atoms with van der Waals surface area (Å²) in [6.45, 7) is 0. The largest absolute Gasteiger partial charge is 1.00 e. The van der Waals surface area contributed by atoms with Gasteiger partial charge in [-0.1, -0.05) is 0 Å². The number of halogens is 1. The minimum atomic E-state index is 0. The third-order valence-corrected chi connectivity index (χ3v) is 0. The van der Waals surface area contributed by atoms with E-state index in [0.717, 1.165) is 15.4 Å². The summed E-state index contributed by atoms with van der Waals surface area (Å²) in [7, 11) is 4.78. The first-order valence-corrected chi connectivity index (χ1v) is 3.80. The van der Waals surface area contributed by atoms with Crippen molar-refractivity contribution in [2.24, 2.45) is 0 Å². The van der Waals surface area contributed by atoms with Crippen LogP contribution in [0.1, 0.15) is 0 Å². The van der Waals surface area contributed by atoms with Crippen molar-refractivity contribution in [1.82, 2.24) is 0 Å². The van der Waals surface area contributed by atoms with Crippen LogP contribution >= 0.6 is 10.0 Å². The molecule has 0 aromatic heterocycles. The van der Waals surface area contributed by atoms with Crippen LogP contribution in [0.4, 0.5) is 0 Å². The van der Waals surface area contributed by atoms with Crippen LogP contribution < -0.4 is 29.6 Å². The molecule has 3 nitrogen and oxygen atoms in total. The zero-order valence-electron chi connectivity index (χ0n) is 3.72. The van der Waals surface area contributed by atoms with Crippen LogP contribution in [0.2, 0.25) is 0 Å². The molecule has 0 aliphatic heterocycles. The Hall–Kier alpha value is 1.13.